The lowest BCUT2D eigenvalue weighted by molar-refractivity contribution is -0.152. The number of ether oxygens (including phenoxy) is 1. The summed E-state index contributed by atoms with van der Waals surface area (Å²) in [7, 11) is 0. The zero-order valence-electron chi connectivity index (χ0n) is 16.4. The third-order valence-corrected chi connectivity index (χ3v) is 5.61. The topological polar surface area (TPSA) is 140 Å². The van der Waals surface area contributed by atoms with Crippen molar-refractivity contribution in [2.45, 2.75) is 38.0 Å². The van der Waals surface area contributed by atoms with Crippen molar-refractivity contribution in [3.63, 3.8) is 0 Å². The number of halogens is 1. The van der Waals surface area contributed by atoms with Crippen LogP contribution < -0.4 is 11.5 Å². The molecule has 2 aliphatic rings. The van der Waals surface area contributed by atoms with Gasteiger partial charge in [0.25, 0.3) is 0 Å². The Kier molecular flexibility index (Phi) is 5.59. The van der Waals surface area contributed by atoms with Crippen molar-refractivity contribution in [1.29, 1.82) is 5.26 Å². The van der Waals surface area contributed by atoms with E-state index in [1.54, 1.807) is 38.1 Å². The number of nitrogens with zero attached hydrogens (tertiary/aromatic N) is 2. The van der Waals surface area contributed by atoms with Gasteiger partial charge in [-0.1, -0.05) is 29.8 Å². The molecule has 0 aromatic heterocycles. The quantitative estimate of drug-likeness (QED) is 0.678. The number of fused-ring (bicyclic) bond motifs is 1. The first-order valence-corrected chi connectivity index (χ1v) is 9.65. The van der Waals surface area contributed by atoms with Crippen molar-refractivity contribution in [2.24, 2.45) is 16.9 Å². The minimum Gasteiger partial charge on any atom is -0.461 e. The van der Waals surface area contributed by atoms with Crippen LogP contribution in [0.1, 0.15) is 25.3 Å². The van der Waals surface area contributed by atoms with Crippen molar-refractivity contribution in [3.05, 3.63) is 58.8 Å². The van der Waals surface area contributed by atoms with Crippen LogP contribution in [0.3, 0.4) is 0 Å². The van der Waals surface area contributed by atoms with E-state index in [2.05, 4.69) is 6.07 Å². The first-order chi connectivity index (χ1) is 14.1. The van der Waals surface area contributed by atoms with Crippen LogP contribution in [0.15, 0.2) is 48.2 Å². The van der Waals surface area contributed by atoms with Gasteiger partial charge in [0.2, 0.25) is 11.8 Å². The summed E-state index contributed by atoms with van der Waals surface area (Å²) in [5, 5.41) is 10.6. The second kappa shape index (κ2) is 7.84. The predicted molar refractivity (Wildman–Crippen MR) is 108 cm³/mol. The molecule has 1 aromatic rings. The van der Waals surface area contributed by atoms with Gasteiger partial charge in [-0.15, -0.1) is 0 Å². The fourth-order valence-corrected chi connectivity index (χ4v) is 4.26. The molecule has 0 unspecified atom stereocenters. The summed E-state index contributed by atoms with van der Waals surface area (Å²) in [6.07, 6.45) is 3.87. The predicted octanol–water partition coefficient (Wildman–Crippen LogP) is 1.36. The first-order valence-electron chi connectivity index (χ1n) is 9.27. The molecule has 2 amide bonds. The maximum atomic E-state index is 13.1. The Morgan fingerprint density at radius 3 is 2.37 bits per heavy atom. The summed E-state index contributed by atoms with van der Waals surface area (Å²) in [4.78, 5) is 39.1. The number of nitrogens with two attached hydrogens (primary N) is 2. The highest BCUT2D eigenvalue weighted by Crippen LogP contribution is 2.53. The Balaban J connectivity index is 2.27. The van der Waals surface area contributed by atoms with Crippen LogP contribution in [0.2, 0.25) is 5.02 Å². The van der Waals surface area contributed by atoms with Gasteiger partial charge < -0.3 is 21.1 Å². The summed E-state index contributed by atoms with van der Waals surface area (Å²) < 4.78 is 5.43. The highest BCUT2D eigenvalue weighted by atomic mass is 35.5. The molecule has 0 bridgehead atoms. The normalized spacial score (nSPS) is 27.2. The first kappa shape index (κ1) is 21.4. The summed E-state index contributed by atoms with van der Waals surface area (Å²) in [5.41, 5.74) is 10.00. The number of hydrogen-bond acceptors (Lipinski definition) is 6. The number of rotatable bonds is 5. The van der Waals surface area contributed by atoms with E-state index in [0.29, 0.717) is 10.6 Å². The molecule has 2 heterocycles. The summed E-state index contributed by atoms with van der Waals surface area (Å²) in [5.74, 6) is -3.22. The molecule has 30 heavy (non-hydrogen) atoms. The van der Waals surface area contributed by atoms with Gasteiger partial charge in [-0.25, -0.2) is 4.79 Å². The molecule has 1 saturated heterocycles. The molecule has 0 aliphatic carbocycles. The lowest BCUT2D eigenvalue weighted by Crippen LogP contribution is -2.48. The van der Waals surface area contributed by atoms with Crippen molar-refractivity contribution in [3.8, 4) is 6.07 Å². The van der Waals surface area contributed by atoms with Crippen LogP contribution in [-0.4, -0.2) is 40.9 Å². The Labute approximate surface area is 178 Å². The number of benzene rings is 1. The number of esters is 1. The zero-order valence-corrected chi connectivity index (χ0v) is 17.2. The molecule has 0 saturated carbocycles. The van der Waals surface area contributed by atoms with Crippen molar-refractivity contribution >= 4 is 29.4 Å². The standard InChI is InChI=1S/C21H21ClN4O4/c1-11(2)30-19(28)17-16(12-3-6-14(22)7-4-12)21(10-23,20(25)29)15-8-5-13(18(24)27)9-26(15)17/h3-9,11,15-17H,1-2H3,(H2,24,27)(H2,25,29)/t15-,16-,17-,21+/m0/s1. The van der Waals surface area contributed by atoms with E-state index in [9.17, 15) is 19.6 Å². The molecule has 4 N–H and O–H groups in total. The molecule has 2 aliphatic heterocycles. The second-order valence-electron chi connectivity index (χ2n) is 7.50. The van der Waals surface area contributed by atoms with Gasteiger partial charge in [-0.05, 0) is 37.6 Å². The number of nitriles is 1. The largest absolute Gasteiger partial charge is 0.461 e. The van der Waals surface area contributed by atoms with Crippen molar-refractivity contribution in [1.82, 2.24) is 4.90 Å². The molecule has 0 radical (unpaired) electrons. The van der Waals surface area contributed by atoms with E-state index in [-0.39, 0.29) is 5.57 Å². The van der Waals surface area contributed by atoms with Gasteiger partial charge >= 0.3 is 5.97 Å². The van der Waals surface area contributed by atoms with Gasteiger partial charge in [0.1, 0.15) is 6.04 Å². The van der Waals surface area contributed by atoms with E-state index in [1.165, 1.54) is 23.3 Å². The molecule has 4 atom stereocenters. The Bertz CT molecular complexity index is 995. The summed E-state index contributed by atoms with van der Waals surface area (Å²) in [6.45, 7) is 3.38. The SMILES string of the molecule is CC(C)OC(=O)[C@@H]1[C@H](c2ccc(Cl)cc2)[C@](C#N)(C(N)=O)[C@@H]2C=CC(C(N)=O)=CN12. The summed E-state index contributed by atoms with van der Waals surface area (Å²) in [6, 6.07) is 6.56. The molecule has 3 rings (SSSR count). The molecular formula is C21H21ClN4O4. The van der Waals surface area contributed by atoms with Crippen LogP contribution in [-0.2, 0) is 19.1 Å². The smallest absolute Gasteiger partial charge is 0.329 e. The average molecular weight is 429 g/mol. The Morgan fingerprint density at radius 1 is 1.23 bits per heavy atom. The summed E-state index contributed by atoms with van der Waals surface area (Å²) >= 11 is 6.00. The van der Waals surface area contributed by atoms with Crippen molar-refractivity contribution < 1.29 is 19.1 Å². The Hall–Kier alpha value is -3.31. The minimum absolute atomic E-state index is 0.127. The lowest BCUT2D eigenvalue weighted by atomic mass is 9.68. The maximum absolute atomic E-state index is 13.1. The van der Waals surface area contributed by atoms with Crippen LogP contribution in [0, 0.1) is 16.7 Å². The molecule has 1 fully saturated rings. The number of primary amides is 2. The number of carbonyl (C=O) groups excluding carboxylic acids is 3. The van der Waals surface area contributed by atoms with E-state index >= 15 is 0 Å². The molecule has 8 nitrogen and oxygen atoms in total. The van der Waals surface area contributed by atoms with E-state index in [4.69, 9.17) is 27.8 Å². The van der Waals surface area contributed by atoms with Crippen LogP contribution in [0.5, 0.6) is 0 Å². The van der Waals surface area contributed by atoms with Gasteiger partial charge in [0.05, 0.1) is 23.8 Å². The number of hydrogen-bond donors (Lipinski definition) is 2. The van der Waals surface area contributed by atoms with Crippen molar-refractivity contribution in [2.75, 3.05) is 0 Å². The third kappa shape index (κ3) is 3.31. The fraction of sp³-hybridized carbons (Fsp3) is 0.333. The molecule has 156 valence electrons. The monoisotopic (exact) mass is 428 g/mol. The second-order valence-corrected chi connectivity index (χ2v) is 7.94. The molecule has 1 aromatic carbocycles. The highest BCUT2D eigenvalue weighted by molar-refractivity contribution is 6.30. The van der Waals surface area contributed by atoms with Gasteiger partial charge in [-0.2, -0.15) is 5.26 Å². The molecule has 0 spiro atoms. The van der Waals surface area contributed by atoms with Gasteiger partial charge in [0.15, 0.2) is 5.41 Å². The zero-order chi connectivity index (χ0) is 22.2. The number of amides is 2. The molecule has 9 heteroatoms. The molecular weight excluding hydrogens is 408 g/mol. The number of carbonyl (C=O) groups is 3. The van der Waals surface area contributed by atoms with Crippen LogP contribution in [0.4, 0.5) is 0 Å². The highest BCUT2D eigenvalue weighted by Gasteiger charge is 2.65. The van der Waals surface area contributed by atoms with Crippen LogP contribution in [0.25, 0.3) is 0 Å². The fourth-order valence-electron chi connectivity index (χ4n) is 4.13. The van der Waals surface area contributed by atoms with E-state index < -0.39 is 47.3 Å². The van der Waals surface area contributed by atoms with E-state index in [0.717, 1.165) is 0 Å². The maximum Gasteiger partial charge on any atom is 0.329 e. The minimum atomic E-state index is -1.80. The lowest BCUT2D eigenvalue weighted by Gasteiger charge is -2.32. The van der Waals surface area contributed by atoms with Gasteiger partial charge in [0, 0.05) is 17.1 Å². The van der Waals surface area contributed by atoms with Gasteiger partial charge in [-0.3, -0.25) is 9.59 Å². The van der Waals surface area contributed by atoms with Crippen LogP contribution >= 0.6 is 11.6 Å². The third-order valence-electron chi connectivity index (χ3n) is 5.36. The average Bonchev–Trinajstić information content (AvgIpc) is 2.98. The van der Waals surface area contributed by atoms with E-state index in [1.807, 2.05) is 0 Å². The Morgan fingerprint density at radius 2 is 1.87 bits per heavy atom.